The second kappa shape index (κ2) is 7.40. The number of nitrogens with one attached hydrogen (secondary N) is 2. The lowest BCUT2D eigenvalue weighted by molar-refractivity contribution is 0.102. The summed E-state index contributed by atoms with van der Waals surface area (Å²) >= 11 is 0. The van der Waals surface area contributed by atoms with Crippen molar-refractivity contribution in [2.75, 3.05) is 11.1 Å². The van der Waals surface area contributed by atoms with Crippen LogP contribution in [-0.4, -0.2) is 26.4 Å². The van der Waals surface area contributed by atoms with Gasteiger partial charge in [-0.05, 0) is 55.8 Å². The molecule has 1 amide bonds. The van der Waals surface area contributed by atoms with Crippen molar-refractivity contribution in [2.45, 2.75) is 13.8 Å². The number of halogens is 1. The van der Waals surface area contributed by atoms with Crippen LogP contribution in [-0.2, 0) is 0 Å². The number of carbonyl (C=O) groups is 1. The average molecular weight is 402 g/mol. The Morgan fingerprint density at radius 3 is 2.67 bits per heavy atom. The number of anilines is 2. The number of nitrogens with zero attached hydrogens (tertiary/aromatic N) is 3. The quantitative estimate of drug-likeness (QED) is 0.357. The zero-order valence-corrected chi connectivity index (χ0v) is 16.4. The van der Waals surface area contributed by atoms with Crippen LogP contribution in [0, 0.1) is 25.1 Å². The van der Waals surface area contributed by atoms with Gasteiger partial charge in [0, 0.05) is 22.5 Å². The van der Waals surface area contributed by atoms with Crippen LogP contribution in [0.25, 0.3) is 5.52 Å². The first-order valence-corrected chi connectivity index (χ1v) is 9.22. The molecule has 8 heteroatoms. The predicted molar refractivity (Wildman–Crippen MR) is 114 cm³/mol. The summed E-state index contributed by atoms with van der Waals surface area (Å²) in [7, 11) is 0. The molecule has 7 nitrogen and oxygen atoms in total. The molecule has 0 bridgehead atoms. The van der Waals surface area contributed by atoms with Crippen molar-refractivity contribution in [1.82, 2.24) is 14.8 Å². The first kappa shape index (κ1) is 19.3. The molecule has 4 rings (SSSR count). The fourth-order valence-corrected chi connectivity index (χ4v) is 3.48. The summed E-state index contributed by atoms with van der Waals surface area (Å²) in [6.45, 7) is 3.64. The lowest BCUT2D eigenvalue weighted by Crippen LogP contribution is -2.18. The SMILES string of the molecule is Cc1cc2cnnn2c(C)c1C(=O)Nc1ccc(N)c(C(=N)c2ccccc2F)c1. The van der Waals surface area contributed by atoms with Gasteiger partial charge in [-0.1, -0.05) is 17.3 Å². The number of nitrogens with two attached hydrogens (primary N) is 1. The van der Waals surface area contributed by atoms with Crippen LogP contribution in [0.4, 0.5) is 15.8 Å². The van der Waals surface area contributed by atoms with Gasteiger partial charge < -0.3 is 11.1 Å². The molecular formula is C22H19FN6O. The number of aromatic nitrogens is 3. The lowest BCUT2D eigenvalue weighted by atomic mass is 9.99. The standard InChI is InChI=1S/C22H19FN6O/c1-12-9-15-11-26-28-29(15)13(2)20(12)22(30)27-14-7-8-19(24)17(10-14)21(25)16-5-3-4-6-18(16)23/h3-11,25H,24H2,1-2H3,(H,27,30). The third-order valence-electron chi connectivity index (χ3n) is 4.96. The molecule has 0 aliphatic heterocycles. The molecule has 0 fully saturated rings. The van der Waals surface area contributed by atoms with E-state index in [9.17, 15) is 9.18 Å². The highest BCUT2D eigenvalue weighted by Crippen LogP contribution is 2.24. The van der Waals surface area contributed by atoms with Crippen LogP contribution < -0.4 is 11.1 Å². The molecule has 0 radical (unpaired) electrons. The molecule has 2 heterocycles. The minimum atomic E-state index is -0.510. The van der Waals surface area contributed by atoms with E-state index in [4.69, 9.17) is 11.1 Å². The molecule has 0 aliphatic rings. The maximum atomic E-state index is 14.1. The third-order valence-corrected chi connectivity index (χ3v) is 4.96. The monoisotopic (exact) mass is 402 g/mol. The van der Waals surface area contributed by atoms with Gasteiger partial charge in [-0.25, -0.2) is 8.91 Å². The van der Waals surface area contributed by atoms with Crippen molar-refractivity contribution >= 4 is 28.5 Å². The van der Waals surface area contributed by atoms with Crippen LogP contribution in [0.3, 0.4) is 0 Å². The molecule has 2 aromatic carbocycles. The van der Waals surface area contributed by atoms with Crippen molar-refractivity contribution in [2.24, 2.45) is 0 Å². The van der Waals surface area contributed by atoms with Crippen molar-refractivity contribution in [3.63, 3.8) is 0 Å². The lowest BCUT2D eigenvalue weighted by Gasteiger charge is -2.14. The molecule has 30 heavy (non-hydrogen) atoms. The fourth-order valence-electron chi connectivity index (χ4n) is 3.48. The van der Waals surface area contributed by atoms with E-state index in [1.807, 2.05) is 13.0 Å². The Morgan fingerprint density at radius 1 is 1.13 bits per heavy atom. The summed E-state index contributed by atoms with van der Waals surface area (Å²) in [5, 5.41) is 19.1. The summed E-state index contributed by atoms with van der Waals surface area (Å²) in [5.74, 6) is -0.834. The van der Waals surface area contributed by atoms with Crippen LogP contribution in [0.5, 0.6) is 0 Å². The zero-order chi connectivity index (χ0) is 21.4. The number of aryl methyl sites for hydroxylation is 2. The average Bonchev–Trinajstić information content (AvgIpc) is 3.18. The summed E-state index contributed by atoms with van der Waals surface area (Å²) in [4.78, 5) is 13.0. The highest BCUT2D eigenvalue weighted by molar-refractivity contribution is 6.15. The molecule has 0 unspecified atom stereocenters. The van der Waals surface area contributed by atoms with Gasteiger partial charge in [-0.2, -0.15) is 0 Å². The molecule has 0 aliphatic carbocycles. The van der Waals surface area contributed by atoms with Crippen LogP contribution in [0.15, 0.2) is 54.7 Å². The van der Waals surface area contributed by atoms with Gasteiger partial charge in [0.15, 0.2) is 0 Å². The Bertz CT molecular complexity index is 1310. The Labute approximate surface area is 171 Å². The topological polar surface area (TPSA) is 109 Å². The van der Waals surface area contributed by atoms with E-state index >= 15 is 0 Å². The largest absolute Gasteiger partial charge is 0.398 e. The van der Waals surface area contributed by atoms with Gasteiger partial charge in [0.05, 0.1) is 28.7 Å². The van der Waals surface area contributed by atoms with Crippen molar-refractivity contribution < 1.29 is 9.18 Å². The van der Waals surface area contributed by atoms with E-state index in [1.165, 1.54) is 12.1 Å². The number of benzene rings is 2. The summed E-state index contributed by atoms with van der Waals surface area (Å²) in [5.41, 5.74) is 9.93. The second-order valence-corrected chi connectivity index (χ2v) is 6.97. The Hall–Kier alpha value is -4.07. The van der Waals surface area contributed by atoms with E-state index in [2.05, 4.69) is 15.6 Å². The van der Waals surface area contributed by atoms with Gasteiger partial charge in [-0.3, -0.25) is 10.2 Å². The first-order valence-electron chi connectivity index (χ1n) is 9.22. The van der Waals surface area contributed by atoms with E-state index in [1.54, 1.807) is 48.0 Å². The van der Waals surface area contributed by atoms with Gasteiger partial charge in [-0.15, -0.1) is 5.10 Å². The minimum absolute atomic E-state index is 0.0573. The van der Waals surface area contributed by atoms with Crippen molar-refractivity contribution in [3.05, 3.63) is 88.5 Å². The molecule has 4 N–H and O–H groups in total. The summed E-state index contributed by atoms with van der Waals surface area (Å²) < 4.78 is 15.7. The fraction of sp³-hybridized carbons (Fsp3) is 0.0909. The smallest absolute Gasteiger partial charge is 0.257 e. The van der Waals surface area contributed by atoms with E-state index < -0.39 is 5.82 Å². The number of hydrogen-bond donors (Lipinski definition) is 3. The number of amides is 1. The van der Waals surface area contributed by atoms with E-state index in [0.29, 0.717) is 28.2 Å². The highest BCUT2D eigenvalue weighted by Gasteiger charge is 2.18. The summed E-state index contributed by atoms with van der Waals surface area (Å²) in [6, 6.07) is 12.7. The molecular weight excluding hydrogens is 383 g/mol. The number of fused-ring (bicyclic) bond motifs is 1. The maximum Gasteiger partial charge on any atom is 0.257 e. The molecule has 0 atom stereocenters. The maximum absolute atomic E-state index is 14.1. The first-order chi connectivity index (χ1) is 14.4. The van der Waals surface area contributed by atoms with Gasteiger partial charge in [0.25, 0.3) is 5.91 Å². The summed E-state index contributed by atoms with van der Waals surface area (Å²) in [6.07, 6.45) is 1.63. The van der Waals surface area contributed by atoms with Crippen molar-refractivity contribution in [1.29, 1.82) is 5.41 Å². The number of pyridine rings is 1. The van der Waals surface area contributed by atoms with Crippen LogP contribution in [0.1, 0.15) is 32.7 Å². The molecule has 0 saturated heterocycles. The normalized spacial score (nSPS) is 10.9. The molecule has 150 valence electrons. The Morgan fingerprint density at radius 2 is 1.90 bits per heavy atom. The number of rotatable bonds is 4. The third kappa shape index (κ3) is 3.28. The minimum Gasteiger partial charge on any atom is -0.398 e. The predicted octanol–water partition coefficient (Wildman–Crippen LogP) is 3.74. The molecule has 0 spiro atoms. The molecule has 2 aromatic heterocycles. The van der Waals surface area contributed by atoms with Crippen LogP contribution >= 0.6 is 0 Å². The van der Waals surface area contributed by atoms with E-state index in [-0.39, 0.29) is 17.2 Å². The van der Waals surface area contributed by atoms with Gasteiger partial charge in [0.1, 0.15) is 5.82 Å². The second-order valence-electron chi connectivity index (χ2n) is 6.97. The zero-order valence-electron chi connectivity index (χ0n) is 16.4. The van der Waals surface area contributed by atoms with Gasteiger partial charge >= 0.3 is 0 Å². The highest BCUT2D eigenvalue weighted by atomic mass is 19.1. The Balaban J connectivity index is 1.68. The number of carbonyl (C=O) groups excluding carboxylic acids is 1. The van der Waals surface area contributed by atoms with Crippen molar-refractivity contribution in [3.8, 4) is 0 Å². The number of hydrogen-bond acceptors (Lipinski definition) is 5. The Kier molecular flexibility index (Phi) is 4.75. The number of nitrogen functional groups attached to an aromatic ring is 1. The molecule has 4 aromatic rings. The van der Waals surface area contributed by atoms with Gasteiger partial charge in [0.2, 0.25) is 0 Å². The van der Waals surface area contributed by atoms with Crippen LogP contribution in [0.2, 0.25) is 0 Å². The molecule has 0 saturated carbocycles. The van der Waals surface area contributed by atoms with E-state index in [0.717, 1.165) is 11.1 Å².